The van der Waals surface area contributed by atoms with Crippen LogP contribution >= 0.6 is 0 Å². The fraction of sp³-hybridized carbons (Fsp3) is 0.727. The van der Waals surface area contributed by atoms with Gasteiger partial charge < -0.3 is 10.1 Å². The molecule has 1 saturated carbocycles. The zero-order valence-corrected chi connectivity index (χ0v) is 16.9. The summed E-state index contributed by atoms with van der Waals surface area (Å²) in [6, 6.07) is 4.26. The number of aromatic nitrogens is 1. The smallest absolute Gasteiger partial charge is 0.240 e. The average molecular weight is 387 g/mol. The summed E-state index contributed by atoms with van der Waals surface area (Å²) < 4.78 is 5.54. The van der Waals surface area contributed by atoms with E-state index < -0.39 is 0 Å². The van der Waals surface area contributed by atoms with Crippen LogP contribution in [0.1, 0.15) is 56.6 Å². The normalized spacial score (nSPS) is 24.7. The number of nitrogens with zero attached hydrogens (tertiary/aromatic N) is 3. The van der Waals surface area contributed by atoms with Crippen LogP contribution in [0.25, 0.3) is 0 Å². The molecule has 4 rings (SSSR count). The number of ether oxygens (including phenoxy) is 1. The van der Waals surface area contributed by atoms with Gasteiger partial charge in [-0.2, -0.15) is 0 Å². The van der Waals surface area contributed by atoms with Crippen molar-refractivity contribution >= 4 is 5.91 Å². The Morgan fingerprint density at radius 2 is 1.86 bits per heavy atom. The van der Waals surface area contributed by atoms with Gasteiger partial charge in [0.2, 0.25) is 5.91 Å². The molecular weight excluding hydrogens is 352 g/mol. The highest BCUT2D eigenvalue weighted by Gasteiger charge is 2.45. The largest absolute Gasteiger partial charge is 0.379 e. The van der Waals surface area contributed by atoms with Crippen LogP contribution in [0.5, 0.6) is 0 Å². The highest BCUT2D eigenvalue weighted by Crippen LogP contribution is 2.36. The van der Waals surface area contributed by atoms with Crippen LogP contribution in [0, 0.1) is 0 Å². The summed E-state index contributed by atoms with van der Waals surface area (Å²) in [6.45, 7) is 6.08. The topological polar surface area (TPSA) is 57.7 Å². The lowest BCUT2D eigenvalue weighted by Gasteiger charge is -2.44. The van der Waals surface area contributed by atoms with Crippen molar-refractivity contribution < 1.29 is 9.53 Å². The molecule has 3 aliphatic rings. The van der Waals surface area contributed by atoms with Gasteiger partial charge in [0.25, 0.3) is 0 Å². The van der Waals surface area contributed by atoms with E-state index in [2.05, 4.69) is 26.2 Å². The molecule has 1 amide bonds. The first-order valence-electron chi connectivity index (χ1n) is 11.0. The predicted molar refractivity (Wildman–Crippen MR) is 109 cm³/mol. The van der Waals surface area contributed by atoms with E-state index in [4.69, 9.17) is 4.74 Å². The van der Waals surface area contributed by atoms with E-state index in [0.29, 0.717) is 6.54 Å². The first kappa shape index (κ1) is 19.8. The van der Waals surface area contributed by atoms with Gasteiger partial charge in [-0.25, -0.2) is 0 Å². The molecule has 3 fully saturated rings. The molecule has 6 heteroatoms. The first-order valence-corrected chi connectivity index (χ1v) is 11.0. The fourth-order valence-corrected chi connectivity index (χ4v) is 5.24. The average Bonchev–Trinajstić information content (AvgIpc) is 3.31. The van der Waals surface area contributed by atoms with Crippen molar-refractivity contribution in [2.45, 2.75) is 56.5 Å². The molecule has 2 aliphatic heterocycles. The number of hydrogen-bond donors (Lipinski definition) is 1. The maximum atomic E-state index is 13.5. The Hall–Kier alpha value is -1.50. The van der Waals surface area contributed by atoms with Gasteiger partial charge in [-0.3, -0.25) is 19.6 Å². The quantitative estimate of drug-likeness (QED) is 0.813. The van der Waals surface area contributed by atoms with Crippen molar-refractivity contribution in [3.8, 4) is 0 Å². The minimum Gasteiger partial charge on any atom is -0.379 e. The van der Waals surface area contributed by atoms with E-state index in [-0.39, 0.29) is 17.5 Å². The number of rotatable bonds is 6. The van der Waals surface area contributed by atoms with Gasteiger partial charge in [0.15, 0.2) is 0 Å². The Kier molecular flexibility index (Phi) is 6.60. The highest BCUT2D eigenvalue weighted by molar-refractivity contribution is 5.86. The number of carbonyl (C=O) groups excluding carboxylic acids is 1. The second-order valence-corrected chi connectivity index (χ2v) is 8.45. The molecule has 6 nitrogen and oxygen atoms in total. The SMILES string of the molecule is O=C(NCC(c1cccnc1)N1CCOCC1)C1(N2CCCC2)CCCCC1. The van der Waals surface area contributed by atoms with Crippen LogP contribution in [0.2, 0.25) is 0 Å². The summed E-state index contributed by atoms with van der Waals surface area (Å²) in [4.78, 5) is 22.7. The Balaban J connectivity index is 1.48. The zero-order chi connectivity index (χ0) is 19.2. The fourth-order valence-electron chi connectivity index (χ4n) is 5.24. The van der Waals surface area contributed by atoms with Crippen molar-refractivity contribution in [1.29, 1.82) is 0 Å². The Bertz CT molecular complexity index is 621. The number of pyridine rings is 1. The molecule has 1 aromatic rings. The lowest BCUT2D eigenvalue weighted by Crippen LogP contribution is -2.59. The summed E-state index contributed by atoms with van der Waals surface area (Å²) in [5, 5.41) is 3.38. The van der Waals surface area contributed by atoms with Crippen LogP contribution in [0.15, 0.2) is 24.5 Å². The molecule has 1 atom stereocenters. The minimum absolute atomic E-state index is 0.153. The first-order chi connectivity index (χ1) is 13.8. The van der Waals surface area contributed by atoms with Crippen molar-refractivity contribution in [2.24, 2.45) is 0 Å². The molecule has 0 spiro atoms. The van der Waals surface area contributed by atoms with E-state index in [1.165, 1.54) is 37.7 Å². The molecule has 1 aliphatic carbocycles. The summed E-state index contributed by atoms with van der Waals surface area (Å²) in [7, 11) is 0. The summed E-state index contributed by atoms with van der Waals surface area (Å²) >= 11 is 0. The summed E-state index contributed by atoms with van der Waals surface area (Å²) in [5.41, 5.74) is 0.891. The van der Waals surface area contributed by atoms with Crippen LogP contribution in [-0.2, 0) is 9.53 Å². The van der Waals surface area contributed by atoms with Gasteiger partial charge in [-0.1, -0.05) is 25.3 Å². The third kappa shape index (κ3) is 4.24. The molecule has 28 heavy (non-hydrogen) atoms. The second kappa shape index (κ2) is 9.33. The predicted octanol–water partition coefficient (Wildman–Crippen LogP) is 2.37. The lowest BCUT2D eigenvalue weighted by molar-refractivity contribution is -0.135. The molecule has 0 aromatic carbocycles. The number of likely N-dealkylation sites (tertiary alicyclic amines) is 1. The van der Waals surface area contributed by atoms with Crippen molar-refractivity contribution in [2.75, 3.05) is 45.9 Å². The van der Waals surface area contributed by atoms with Gasteiger partial charge >= 0.3 is 0 Å². The molecule has 0 bridgehead atoms. The van der Waals surface area contributed by atoms with E-state index >= 15 is 0 Å². The maximum absolute atomic E-state index is 13.5. The third-order valence-electron chi connectivity index (χ3n) is 6.83. The van der Waals surface area contributed by atoms with Crippen molar-refractivity contribution in [3.05, 3.63) is 30.1 Å². The van der Waals surface area contributed by atoms with Gasteiger partial charge in [-0.05, 0) is 50.4 Å². The number of amides is 1. The Labute approximate surface area is 168 Å². The Morgan fingerprint density at radius 1 is 1.11 bits per heavy atom. The minimum atomic E-state index is -0.279. The molecule has 3 heterocycles. The highest BCUT2D eigenvalue weighted by atomic mass is 16.5. The van der Waals surface area contributed by atoms with Gasteiger partial charge in [0.05, 0.1) is 19.3 Å². The molecular formula is C22H34N4O2. The Morgan fingerprint density at radius 3 is 2.54 bits per heavy atom. The van der Waals surface area contributed by atoms with Gasteiger partial charge in [0, 0.05) is 32.0 Å². The standard InChI is InChI=1S/C22H34N4O2/c27-21(22(8-2-1-3-9-22)26-11-4-5-12-26)24-18-20(19-7-6-10-23-17-19)25-13-15-28-16-14-25/h6-7,10,17,20H,1-5,8-9,11-16,18H2,(H,24,27). The van der Waals surface area contributed by atoms with E-state index in [1.54, 1.807) is 0 Å². The molecule has 1 N–H and O–H groups in total. The van der Waals surface area contributed by atoms with Gasteiger partial charge in [0.1, 0.15) is 5.54 Å². The monoisotopic (exact) mass is 386 g/mol. The number of morpholine rings is 1. The van der Waals surface area contributed by atoms with Crippen molar-refractivity contribution in [3.63, 3.8) is 0 Å². The van der Waals surface area contributed by atoms with Crippen molar-refractivity contribution in [1.82, 2.24) is 20.1 Å². The van der Waals surface area contributed by atoms with Gasteiger partial charge in [-0.15, -0.1) is 0 Å². The lowest BCUT2D eigenvalue weighted by atomic mass is 9.79. The number of nitrogens with one attached hydrogen (secondary N) is 1. The van der Waals surface area contributed by atoms with Crippen LogP contribution in [-0.4, -0.2) is 72.2 Å². The number of hydrogen-bond acceptors (Lipinski definition) is 5. The number of carbonyl (C=O) groups is 1. The molecule has 0 radical (unpaired) electrons. The van der Waals surface area contributed by atoms with Crippen LogP contribution in [0.3, 0.4) is 0 Å². The van der Waals surface area contributed by atoms with Crippen LogP contribution < -0.4 is 5.32 Å². The van der Waals surface area contributed by atoms with E-state index in [0.717, 1.165) is 52.2 Å². The zero-order valence-electron chi connectivity index (χ0n) is 16.9. The third-order valence-corrected chi connectivity index (χ3v) is 6.83. The van der Waals surface area contributed by atoms with E-state index in [9.17, 15) is 4.79 Å². The molecule has 1 unspecified atom stereocenters. The van der Waals surface area contributed by atoms with E-state index in [1.807, 2.05) is 18.5 Å². The molecule has 154 valence electrons. The summed E-state index contributed by atoms with van der Waals surface area (Å²) in [6.07, 6.45) is 11.8. The van der Waals surface area contributed by atoms with Crippen LogP contribution in [0.4, 0.5) is 0 Å². The maximum Gasteiger partial charge on any atom is 0.240 e. The summed E-state index contributed by atoms with van der Waals surface area (Å²) in [5.74, 6) is 0.247. The molecule has 1 aromatic heterocycles. The molecule has 2 saturated heterocycles. The second-order valence-electron chi connectivity index (χ2n) is 8.45.